The maximum absolute atomic E-state index is 14.2. The number of alkyl halides is 3. The first-order valence-electron chi connectivity index (χ1n) is 8.72. The Hall–Kier alpha value is -3.50. The average Bonchev–Trinajstić information content (AvgIpc) is 3.07. The maximum atomic E-state index is 14.2. The van der Waals surface area contributed by atoms with Gasteiger partial charge in [0.05, 0.1) is 11.3 Å². The van der Waals surface area contributed by atoms with Gasteiger partial charge >= 0.3 is 12.1 Å². The summed E-state index contributed by atoms with van der Waals surface area (Å²) in [6.45, 7) is 4.76. The lowest BCUT2D eigenvalue weighted by Crippen LogP contribution is -2.13. The normalized spacial score (nSPS) is 12.5. The van der Waals surface area contributed by atoms with Crippen molar-refractivity contribution in [3.63, 3.8) is 0 Å². The van der Waals surface area contributed by atoms with Crippen molar-refractivity contribution in [3.05, 3.63) is 64.5 Å². The molecule has 2 N–H and O–H groups in total. The quantitative estimate of drug-likeness (QED) is 0.468. The lowest BCUT2D eigenvalue weighted by Gasteiger charge is -2.15. The second-order valence-corrected chi connectivity index (χ2v) is 6.51. The van der Waals surface area contributed by atoms with Crippen LogP contribution in [-0.4, -0.2) is 26.1 Å². The molecule has 11 heteroatoms. The van der Waals surface area contributed by atoms with Crippen molar-refractivity contribution in [3.8, 4) is 0 Å². The summed E-state index contributed by atoms with van der Waals surface area (Å²) in [5, 5.41) is 8.81. The van der Waals surface area contributed by atoms with Crippen LogP contribution in [-0.2, 0) is 15.7 Å². The van der Waals surface area contributed by atoms with E-state index in [2.05, 4.69) is 25.5 Å². The number of nitrogens with zero attached hydrogens (tertiary/aromatic N) is 3. The van der Waals surface area contributed by atoms with E-state index in [1.807, 2.05) is 0 Å². The van der Waals surface area contributed by atoms with E-state index in [1.54, 1.807) is 26.0 Å². The Bertz CT molecular complexity index is 1060. The zero-order chi connectivity index (χ0) is 22.1. The number of aromatic nitrogens is 4. The van der Waals surface area contributed by atoms with Crippen molar-refractivity contribution in [1.82, 2.24) is 20.2 Å². The van der Waals surface area contributed by atoms with Crippen LogP contribution in [0.15, 0.2) is 30.3 Å². The number of carbonyl (C=O) groups is 1. The molecule has 0 aliphatic heterocycles. The summed E-state index contributed by atoms with van der Waals surface area (Å²) in [5.41, 5.74) is 0.0825. The van der Waals surface area contributed by atoms with E-state index >= 15 is 0 Å². The third-order valence-electron chi connectivity index (χ3n) is 3.99. The van der Waals surface area contributed by atoms with Gasteiger partial charge in [0.15, 0.2) is 17.7 Å². The summed E-state index contributed by atoms with van der Waals surface area (Å²) in [6.07, 6.45) is -5.80. The van der Waals surface area contributed by atoms with Gasteiger partial charge in [0.1, 0.15) is 0 Å². The van der Waals surface area contributed by atoms with Crippen LogP contribution in [0.4, 0.5) is 29.2 Å². The molecule has 1 unspecified atom stereocenters. The van der Waals surface area contributed by atoms with Crippen LogP contribution in [0, 0.1) is 19.7 Å². The fraction of sp³-hybridized carbons (Fsp3) is 0.263. The van der Waals surface area contributed by atoms with Crippen LogP contribution in [0.5, 0.6) is 0 Å². The Kier molecular flexibility index (Phi) is 5.72. The predicted molar refractivity (Wildman–Crippen MR) is 98.4 cm³/mol. The van der Waals surface area contributed by atoms with Crippen molar-refractivity contribution in [2.24, 2.45) is 0 Å². The Labute approximate surface area is 168 Å². The predicted octanol–water partition coefficient (Wildman–Crippen LogP) is 4.37. The van der Waals surface area contributed by atoms with Crippen molar-refractivity contribution >= 4 is 17.6 Å². The van der Waals surface area contributed by atoms with E-state index in [-0.39, 0.29) is 11.8 Å². The minimum atomic E-state index is -4.84. The third kappa shape index (κ3) is 4.73. The van der Waals surface area contributed by atoms with Crippen LogP contribution >= 0.6 is 0 Å². The highest BCUT2D eigenvalue weighted by Gasteiger charge is 2.35. The van der Waals surface area contributed by atoms with Gasteiger partial charge in [-0.15, -0.1) is 5.10 Å². The number of hydrogen-bond donors (Lipinski definition) is 2. The second kappa shape index (κ2) is 8.09. The Morgan fingerprint density at radius 3 is 2.43 bits per heavy atom. The molecule has 0 aliphatic carbocycles. The molecule has 2 aromatic heterocycles. The van der Waals surface area contributed by atoms with Gasteiger partial charge in [-0.05, 0) is 38.1 Å². The van der Waals surface area contributed by atoms with Crippen molar-refractivity contribution in [2.75, 3.05) is 5.32 Å². The summed E-state index contributed by atoms with van der Waals surface area (Å²) >= 11 is 0. The Morgan fingerprint density at radius 2 is 1.83 bits per heavy atom. The number of rotatable bonds is 5. The molecule has 3 aromatic rings. The Morgan fingerprint density at radius 1 is 1.17 bits per heavy atom. The monoisotopic (exact) mass is 423 g/mol. The summed E-state index contributed by atoms with van der Waals surface area (Å²) in [5.74, 6) is -2.15. The number of anilines is 2. The number of carbonyl (C=O) groups excluding carboxylic acids is 1. The molecular formula is C19H17F4N5O2. The fourth-order valence-corrected chi connectivity index (χ4v) is 2.88. The molecule has 0 radical (unpaired) electrons. The molecule has 2 heterocycles. The molecule has 1 atom stereocenters. The summed E-state index contributed by atoms with van der Waals surface area (Å²) in [7, 11) is 0. The lowest BCUT2D eigenvalue weighted by atomic mass is 10.1. The van der Waals surface area contributed by atoms with Crippen molar-refractivity contribution in [2.45, 2.75) is 33.1 Å². The van der Waals surface area contributed by atoms with Gasteiger partial charge in [-0.2, -0.15) is 18.2 Å². The first-order chi connectivity index (χ1) is 14.0. The van der Waals surface area contributed by atoms with Crippen molar-refractivity contribution in [1.29, 1.82) is 0 Å². The molecule has 0 amide bonds. The van der Waals surface area contributed by atoms with Gasteiger partial charge < -0.3 is 10.1 Å². The van der Waals surface area contributed by atoms with E-state index in [4.69, 9.17) is 4.74 Å². The fourth-order valence-electron chi connectivity index (χ4n) is 2.88. The minimum absolute atomic E-state index is 0.102. The number of aryl methyl sites for hydroxylation is 2. The van der Waals surface area contributed by atoms with Gasteiger partial charge in [0, 0.05) is 23.9 Å². The molecule has 0 bridgehead atoms. The standard InChI is InChI=1S/C19H17F4N5O2/c1-9-7-12(8-10(2)24-9)16(30-11(3)29)17-26-18(28-27-17)25-14-6-4-5-13(15(14)20)19(21,22)23/h4-8,16H,1-3H3,(H2,25,26,27,28). The SMILES string of the molecule is CC(=O)OC(c1cc(C)nc(C)c1)c1nc(Nc2cccc(C(F)(F)F)c2F)n[nH]1. The first-order valence-corrected chi connectivity index (χ1v) is 8.72. The Balaban J connectivity index is 1.93. The summed E-state index contributed by atoms with van der Waals surface area (Å²) in [4.78, 5) is 19.9. The first kappa shape index (κ1) is 21.2. The molecule has 3 rings (SSSR count). The van der Waals surface area contributed by atoms with E-state index < -0.39 is 35.3 Å². The number of nitrogens with one attached hydrogen (secondary N) is 2. The molecule has 0 spiro atoms. The van der Waals surface area contributed by atoms with Crippen LogP contribution in [0.1, 0.15) is 41.4 Å². The molecular weight excluding hydrogens is 406 g/mol. The van der Waals surface area contributed by atoms with Crippen LogP contribution < -0.4 is 5.32 Å². The van der Waals surface area contributed by atoms with E-state index in [0.717, 1.165) is 12.1 Å². The smallest absolute Gasteiger partial charge is 0.419 e. The highest BCUT2D eigenvalue weighted by Crippen LogP contribution is 2.34. The van der Waals surface area contributed by atoms with Gasteiger partial charge in [-0.1, -0.05) is 6.07 Å². The molecule has 30 heavy (non-hydrogen) atoms. The molecule has 0 saturated carbocycles. The number of ether oxygens (including phenoxy) is 1. The van der Waals surface area contributed by atoms with Gasteiger partial charge in [0.25, 0.3) is 0 Å². The van der Waals surface area contributed by atoms with E-state index in [9.17, 15) is 22.4 Å². The van der Waals surface area contributed by atoms with Crippen LogP contribution in [0.25, 0.3) is 0 Å². The highest BCUT2D eigenvalue weighted by atomic mass is 19.4. The number of benzene rings is 1. The molecule has 0 aliphatic rings. The number of hydrogen-bond acceptors (Lipinski definition) is 6. The number of esters is 1. The highest BCUT2D eigenvalue weighted by molar-refractivity contribution is 5.66. The third-order valence-corrected chi connectivity index (χ3v) is 3.99. The molecule has 1 aromatic carbocycles. The molecule has 0 fully saturated rings. The van der Waals surface area contributed by atoms with Crippen molar-refractivity contribution < 1.29 is 27.1 Å². The summed E-state index contributed by atoms with van der Waals surface area (Å²) < 4.78 is 58.2. The maximum Gasteiger partial charge on any atom is 0.419 e. The zero-order valence-corrected chi connectivity index (χ0v) is 16.1. The molecule has 7 nitrogen and oxygen atoms in total. The van der Waals surface area contributed by atoms with Gasteiger partial charge in [0.2, 0.25) is 5.95 Å². The molecule has 158 valence electrons. The van der Waals surface area contributed by atoms with Gasteiger partial charge in [-0.3, -0.25) is 14.9 Å². The molecule has 0 saturated heterocycles. The second-order valence-electron chi connectivity index (χ2n) is 6.51. The minimum Gasteiger partial charge on any atom is -0.449 e. The van der Waals surface area contributed by atoms with E-state index in [1.165, 1.54) is 6.92 Å². The zero-order valence-electron chi connectivity index (χ0n) is 16.1. The topological polar surface area (TPSA) is 92.8 Å². The number of pyridine rings is 1. The average molecular weight is 423 g/mol. The van der Waals surface area contributed by atoms with E-state index in [0.29, 0.717) is 23.0 Å². The number of H-pyrrole nitrogens is 1. The van der Waals surface area contributed by atoms with Crippen LogP contribution in [0.3, 0.4) is 0 Å². The number of halogens is 4. The number of aromatic amines is 1. The summed E-state index contributed by atoms with van der Waals surface area (Å²) in [6, 6.07) is 6.21. The largest absolute Gasteiger partial charge is 0.449 e. The lowest BCUT2D eigenvalue weighted by molar-refractivity contribution is -0.145. The van der Waals surface area contributed by atoms with Crippen LogP contribution in [0.2, 0.25) is 0 Å². The van der Waals surface area contributed by atoms with Gasteiger partial charge in [-0.25, -0.2) is 4.39 Å².